The summed E-state index contributed by atoms with van der Waals surface area (Å²) in [5.41, 5.74) is 0. The van der Waals surface area contributed by atoms with E-state index in [4.69, 9.17) is 9.05 Å². The van der Waals surface area contributed by atoms with Crippen LogP contribution in [-0.2, 0) is 24.0 Å². The van der Waals surface area contributed by atoms with Gasteiger partial charge in [0.1, 0.15) is 10.4 Å². The molecule has 7 heteroatoms. The Morgan fingerprint density at radius 3 is 1.88 bits per heavy atom. The molecule has 5 nitrogen and oxygen atoms in total. The molecule has 0 aliphatic rings. The zero-order valence-corrected chi connectivity index (χ0v) is 12.5. The maximum absolute atomic E-state index is 12.1. The van der Waals surface area contributed by atoms with E-state index in [1.165, 1.54) is 0 Å². The van der Waals surface area contributed by atoms with Crippen molar-refractivity contribution >= 4 is 17.2 Å². The zero-order chi connectivity index (χ0) is 12.8. The second-order valence-corrected chi connectivity index (χ2v) is 9.35. The highest BCUT2D eigenvalue weighted by Gasteiger charge is 2.33. The van der Waals surface area contributed by atoms with Gasteiger partial charge >= 0.3 is 6.80 Å². The summed E-state index contributed by atoms with van der Waals surface area (Å²) in [6.45, 7) is 1.14. The second kappa shape index (κ2) is 6.87. The molecule has 0 aliphatic heterocycles. The Labute approximate surface area is 100 Å². The van der Waals surface area contributed by atoms with E-state index < -0.39 is 17.2 Å². The van der Waals surface area contributed by atoms with Crippen LogP contribution in [0.5, 0.6) is 0 Å². The predicted molar refractivity (Wildman–Crippen MR) is 66.8 cm³/mol. The molecule has 0 aliphatic carbocycles. The van der Waals surface area contributed by atoms with Gasteiger partial charge in [0.2, 0.25) is 0 Å². The molecule has 16 heavy (non-hydrogen) atoms. The van der Waals surface area contributed by atoms with Crippen molar-refractivity contribution < 1.29 is 22.3 Å². The van der Waals surface area contributed by atoms with E-state index in [0.29, 0.717) is 16.8 Å². The molecule has 0 N–H and O–H groups in total. The van der Waals surface area contributed by atoms with Crippen molar-refractivity contribution in [2.45, 2.75) is 13.8 Å². The summed E-state index contributed by atoms with van der Waals surface area (Å²) >= 11 is 0. The molecule has 0 spiro atoms. The van der Waals surface area contributed by atoms with E-state index in [-0.39, 0.29) is 13.2 Å². The van der Waals surface area contributed by atoms with Gasteiger partial charge in [0.15, 0.2) is 0 Å². The summed E-state index contributed by atoms with van der Waals surface area (Å²) in [6, 6.07) is 0. The van der Waals surface area contributed by atoms with Gasteiger partial charge < -0.3 is 4.48 Å². The number of nitrogens with zero attached hydrogens (tertiary/aromatic N) is 1. The van der Waals surface area contributed by atoms with Crippen LogP contribution in [0.4, 0.5) is 0 Å². The number of rotatable bonds is 8. The van der Waals surface area contributed by atoms with Gasteiger partial charge in [-0.05, 0) is 13.8 Å². The standard InChI is InChI=1S/C9H23NO4PS/c1-6-13-15(11,14-7-2)16(12)9-8-10(3,4)5/h6-9H2,1-5H3/q+1. The number of hydrogen-bond donors (Lipinski definition) is 0. The predicted octanol–water partition coefficient (Wildman–Crippen LogP) is 1.62. The molecule has 0 aromatic carbocycles. The van der Waals surface area contributed by atoms with Crippen LogP contribution in [0.15, 0.2) is 0 Å². The molecule has 0 rings (SSSR count). The fraction of sp³-hybridized carbons (Fsp3) is 1.00. The van der Waals surface area contributed by atoms with Crippen LogP contribution in [0.3, 0.4) is 0 Å². The van der Waals surface area contributed by atoms with E-state index in [9.17, 15) is 8.77 Å². The van der Waals surface area contributed by atoms with Crippen molar-refractivity contribution in [2.75, 3.05) is 46.7 Å². The maximum atomic E-state index is 12.1. The van der Waals surface area contributed by atoms with E-state index in [0.717, 1.165) is 0 Å². The minimum absolute atomic E-state index is 0.243. The summed E-state index contributed by atoms with van der Waals surface area (Å²) in [7, 11) is 4.39. The van der Waals surface area contributed by atoms with E-state index >= 15 is 0 Å². The lowest BCUT2D eigenvalue weighted by Gasteiger charge is -2.24. The largest absolute Gasteiger partial charge is 0.418 e. The van der Waals surface area contributed by atoms with Gasteiger partial charge in [-0.1, -0.05) is 0 Å². The third kappa shape index (κ3) is 6.11. The van der Waals surface area contributed by atoms with Crippen LogP contribution in [0.25, 0.3) is 0 Å². The van der Waals surface area contributed by atoms with Gasteiger partial charge in [0.25, 0.3) is 0 Å². The Morgan fingerprint density at radius 1 is 1.12 bits per heavy atom. The first-order valence-corrected chi connectivity index (χ1v) is 8.80. The third-order valence-electron chi connectivity index (χ3n) is 1.76. The minimum atomic E-state index is -3.43. The molecule has 1 unspecified atom stereocenters. The SMILES string of the molecule is CCOP(=O)(OCC)S(=O)CC[N+](C)(C)C. The fourth-order valence-electron chi connectivity index (χ4n) is 0.935. The van der Waals surface area contributed by atoms with Gasteiger partial charge in [0, 0.05) is 0 Å². The summed E-state index contributed by atoms with van der Waals surface area (Å²) in [5, 5.41) is 0. The minimum Gasteiger partial charge on any atom is -0.330 e. The normalized spacial score (nSPS) is 15.1. The molecule has 0 aromatic rings. The zero-order valence-electron chi connectivity index (χ0n) is 10.8. The molecular formula is C9H23NO4PS+. The fourth-order valence-corrected chi connectivity index (χ4v) is 5.06. The first-order valence-electron chi connectivity index (χ1n) is 5.34. The van der Waals surface area contributed by atoms with Crippen LogP contribution in [0.2, 0.25) is 0 Å². The second-order valence-electron chi connectivity index (χ2n) is 4.32. The topological polar surface area (TPSA) is 52.6 Å². The summed E-state index contributed by atoms with van der Waals surface area (Å²) in [4.78, 5) is 0. The Kier molecular flexibility index (Phi) is 6.98. The first-order chi connectivity index (χ1) is 7.25. The van der Waals surface area contributed by atoms with Gasteiger partial charge in [-0.15, -0.1) is 0 Å². The van der Waals surface area contributed by atoms with E-state index in [2.05, 4.69) is 0 Å². The molecule has 0 bridgehead atoms. The quantitative estimate of drug-likeness (QED) is 0.498. The molecule has 0 saturated heterocycles. The van der Waals surface area contributed by atoms with Gasteiger partial charge in [-0.25, -0.2) is 8.77 Å². The van der Waals surface area contributed by atoms with Crippen molar-refractivity contribution in [1.82, 2.24) is 0 Å². The smallest absolute Gasteiger partial charge is 0.330 e. The van der Waals surface area contributed by atoms with Crippen molar-refractivity contribution in [1.29, 1.82) is 0 Å². The lowest BCUT2D eigenvalue weighted by Crippen LogP contribution is -2.37. The average Bonchev–Trinajstić information content (AvgIpc) is 2.13. The van der Waals surface area contributed by atoms with Crippen LogP contribution < -0.4 is 0 Å². The number of quaternary nitrogens is 1. The van der Waals surface area contributed by atoms with Gasteiger partial charge in [-0.3, -0.25) is 9.05 Å². The van der Waals surface area contributed by atoms with E-state index in [1.807, 2.05) is 21.1 Å². The van der Waals surface area contributed by atoms with Crippen molar-refractivity contribution in [3.8, 4) is 0 Å². The Hall–Kier alpha value is 0.260. The van der Waals surface area contributed by atoms with Gasteiger partial charge in [0.05, 0.1) is 46.7 Å². The van der Waals surface area contributed by atoms with Crippen molar-refractivity contribution in [3.63, 3.8) is 0 Å². The van der Waals surface area contributed by atoms with Crippen molar-refractivity contribution in [3.05, 3.63) is 0 Å². The molecule has 98 valence electrons. The molecule has 0 aromatic heterocycles. The third-order valence-corrected chi connectivity index (χ3v) is 6.62. The Balaban J connectivity index is 4.46. The van der Waals surface area contributed by atoms with Gasteiger partial charge in [-0.2, -0.15) is 0 Å². The van der Waals surface area contributed by atoms with Crippen LogP contribution in [-0.4, -0.2) is 55.3 Å². The molecular weight excluding hydrogens is 249 g/mol. The van der Waals surface area contributed by atoms with Crippen LogP contribution in [0, 0.1) is 0 Å². The average molecular weight is 272 g/mol. The Bertz CT molecular complexity index is 267. The van der Waals surface area contributed by atoms with Crippen LogP contribution in [0.1, 0.15) is 13.8 Å². The molecule has 1 atom stereocenters. The Morgan fingerprint density at radius 2 is 1.56 bits per heavy atom. The molecule has 0 saturated carbocycles. The highest BCUT2D eigenvalue weighted by molar-refractivity contribution is 8.45. The number of hydrogen-bond acceptors (Lipinski definition) is 4. The molecule has 0 heterocycles. The lowest BCUT2D eigenvalue weighted by molar-refractivity contribution is -0.867. The first kappa shape index (κ1) is 16.3. The summed E-state index contributed by atoms with van der Waals surface area (Å²) < 4.78 is 34.7. The monoisotopic (exact) mass is 272 g/mol. The lowest BCUT2D eigenvalue weighted by atomic mass is 10.6. The molecule has 0 fully saturated rings. The molecule has 0 radical (unpaired) electrons. The highest BCUT2D eigenvalue weighted by Crippen LogP contribution is 2.52. The summed E-state index contributed by atoms with van der Waals surface area (Å²) in [5.74, 6) is 0.320. The van der Waals surface area contributed by atoms with E-state index in [1.54, 1.807) is 13.8 Å². The highest BCUT2D eigenvalue weighted by atomic mass is 32.8. The van der Waals surface area contributed by atoms with Crippen molar-refractivity contribution in [2.24, 2.45) is 0 Å². The summed E-state index contributed by atoms with van der Waals surface area (Å²) in [6.07, 6.45) is 0. The maximum Gasteiger partial charge on any atom is 0.418 e. The van der Waals surface area contributed by atoms with Crippen LogP contribution >= 0.6 is 6.80 Å². The molecule has 0 amide bonds.